The molecule has 0 aromatic carbocycles. The summed E-state index contributed by atoms with van der Waals surface area (Å²) in [4.78, 5) is 23.8. The van der Waals surface area contributed by atoms with Gasteiger partial charge in [-0.25, -0.2) is 0 Å². The third-order valence-corrected chi connectivity index (χ3v) is 9.17. The Morgan fingerprint density at radius 2 is 1.85 bits per heavy atom. The van der Waals surface area contributed by atoms with E-state index in [1.807, 2.05) is 6.92 Å². The molecule has 0 bridgehead atoms. The summed E-state index contributed by atoms with van der Waals surface area (Å²) >= 11 is 0. The summed E-state index contributed by atoms with van der Waals surface area (Å²) in [7, 11) is 0. The van der Waals surface area contributed by atoms with Crippen LogP contribution in [0.25, 0.3) is 0 Å². The van der Waals surface area contributed by atoms with Crippen LogP contribution in [0.2, 0.25) is 0 Å². The van der Waals surface area contributed by atoms with Gasteiger partial charge in [0.2, 0.25) is 0 Å². The zero-order chi connectivity index (χ0) is 19.6. The van der Waals surface area contributed by atoms with Crippen LogP contribution in [0, 0.1) is 40.4 Å². The maximum atomic E-state index is 12.4. The van der Waals surface area contributed by atoms with Gasteiger partial charge in [0.15, 0.2) is 0 Å². The highest BCUT2D eigenvalue weighted by Crippen LogP contribution is 2.67. The lowest BCUT2D eigenvalue weighted by atomic mass is 9.47. The van der Waals surface area contributed by atoms with Gasteiger partial charge in [-0.1, -0.05) is 32.4 Å². The van der Waals surface area contributed by atoms with Crippen molar-refractivity contribution in [2.45, 2.75) is 85.7 Å². The molecule has 0 heterocycles. The van der Waals surface area contributed by atoms with E-state index in [0.29, 0.717) is 17.6 Å². The lowest BCUT2D eigenvalue weighted by molar-refractivity contribution is -0.149. The maximum absolute atomic E-state index is 12.4. The highest BCUT2D eigenvalue weighted by Gasteiger charge is 2.61. The van der Waals surface area contributed by atoms with E-state index in [1.165, 1.54) is 26.2 Å². The molecule has 27 heavy (non-hydrogen) atoms. The van der Waals surface area contributed by atoms with Gasteiger partial charge in [0.25, 0.3) is 0 Å². The predicted octanol–water partition coefficient (Wildman–Crippen LogP) is 5.33. The molecule has 0 aromatic heterocycles. The molecule has 0 spiro atoms. The summed E-state index contributed by atoms with van der Waals surface area (Å²) in [5.74, 6) is 3.16. The molecule has 8 atom stereocenters. The molecule has 0 radical (unpaired) electrons. The van der Waals surface area contributed by atoms with Crippen LogP contribution in [0.4, 0.5) is 0 Å². The van der Waals surface area contributed by atoms with Crippen molar-refractivity contribution in [3.8, 4) is 0 Å². The molecular formula is C24H36O3. The molecule has 0 N–H and O–H groups in total. The second-order valence-electron chi connectivity index (χ2n) is 10.6. The second-order valence-corrected chi connectivity index (χ2v) is 10.6. The summed E-state index contributed by atoms with van der Waals surface area (Å²) in [6.07, 6.45) is 10.4. The van der Waals surface area contributed by atoms with Gasteiger partial charge in [-0.15, -0.1) is 0 Å². The number of hydrogen-bond acceptors (Lipinski definition) is 3. The number of carbonyl (C=O) groups is 2. The number of ether oxygens (including phenoxy) is 1. The molecule has 4 rings (SSSR count). The maximum Gasteiger partial charge on any atom is 0.302 e. The number of ketones is 1. The van der Waals surface area contributed by atoms with Gasteiger partial charge in [-0.3, -0.25) is 9.59 Å². The van der Waals surface area contributed by atoms with Crippen molar-refractivity contribution in [2.75, 3.05) is 0 Å². The molecular weight excluding hydrogens is 336 g/mol. The monoisotopic (exact) mass is 372 g/mol. The zero-order valence-corrected chi connectivity index (χ0v) is 17.7. The van der Waals surface area contributed by atoms with Crippen LogP contribution >= 0.6 is 0 Å². The number of carbonyl (C=O) groups excluding carboxylic acids is 2. The van der Waals surface area contributed by atoms with E-state index < -0.39 is 0 Å². The van der Waals surface area contributed by atoms with Gasteiger partial charge in [0.05, 0.1) is 0 Å². The van der Waals surface area contributed by atoms with Gasteiger partial charge in [-0.05, 0) is 80.0 Å². The molecule has 4 aliphatic rings. The van der Waals surface area contributed by atoms with E-state index in [0.717, 1.165) is 37.5 Å². The summed E-state index contributed by atoms with van der Waals surface area (Å²) in [6.45, 7) is 10.5. The van der Waals surface area contributed by atoms with Crippen molar-refractivity contribution in [2.24, 2.45) is 40.4 Å². The fourth-order valence-electron chi connectivity index (χ4n) is 8.19. The molecule has 3 fully saturated rings. The molecule has 1 unspecified atom stereocenters. The summed E-state index contributed by atoms with van der Waals surface area (Å²) in [5, 5.41) is 0. The highest BCUT2D eigenvalue weighted by molar-refractivity contribution is 5.80. The number of esters is 1. The average Bonchev–Trinajstić information content (AvgIpc) is 2.85. The standard InChI is InChI=1S/C24H36O3/c1-14-12-21-19-7-6-17-13-18(27-16(3)26)8-10-23(17,4)20(19)9-11-24(21,5)22(14)15(2)25/h6,14,18-22H,7-13H2,1-5H3/t14-,18+,19-,20+,21+,22?,23+,24+/m1/s1. The zero-order valence-electron chi connectivity index (χ0n) is 17.7. The molecule has 4 aliphatic carbocycles. The highest BCUT2D eigenvalue weighted by atomic mass is 16.5. The van der Waals surface area contributed by atoms with Crippen molar-refractivity contribution in [1.29, 1.82) is 0 Å². The minimum absolute atomic E-state index is 0.0702. The van der Waals surface area contributed by atoms with Gasteiger partial charge in [0, 0.05) is 19.3 Å². The number of Topliss-reactive ketones (excluding diaryl/α,β-unsaturated/α-hetero) is 1. The third-order valence-electron chi connectivity index (χ3n) is 9.17. The fraction of sp³-hybridized carbons (Fsp3) is 0.833. The Balaban J connectivity index is 1.61. The van der Waals surface area contributed by atoms with Crippen LogP contribution in [0.15, 0.2) is 11.6 Å². The number of rotatable bonds is 2. The van der Waals surface area contributed by atoms with Crippen LogP contribution in [0.1, 0.15) is 79.6 Å². The molecule has 150 valence electrons. The van der Waals surface area contributed by atoms with Crippen molar-refractivity contribution < 1.29 is 14.3 Å². The Labute approximate surface area is 164 Å². The van der Waals surface area contributed by atoms with E-state index >= 15 is 0 Å². The Bertz CT molecular complexity index is 679. The molecule has 3 nitrogen and oxygen atoms in total. The average molecular weight is 373 g/mol. The first kappa shape index (κ1) is 19.2. The van der Waals surface area contributed by atoms with Crippen LogP contribution in [-0.4, -0.2) is 17.9 Å². The van der Waals surface area contributed by atoms with Crippen LogP contribution in [0.3, 0.4) is 0 Å². The van der Waals surface area contributed by atoms with E-state index in [-0.39, 0.29) is 28.8 Å². The molecule has 3 heteroatoms. The molecule has 0 aromatic rings. The molecule has 0 amide bonds. The largest absolute Gasteiger partial charge is 0.462 e. The SMILES string of the molecule is CC(=O)O[C@H]1CC[C@@]2(C)C(=CC[C@@H]3[C@@H]2CC[C@]2(C)C(C(C)=O)[C@H](C)C[C@@H]32)C1. The summed E-state index contributed by atoms with van der Waals surface area (Å²) in [5.41, 5.74) is 2.00. The van der Waals surface area contributed by atoms with E-state index in [9.17, 15) is 9.59 Å². The van der Waals surface area contributed by atoms with Crippen molar-refractivity contribution >= 4 is 11.8 Å². The first-order valence-corrected chi connectivity index (χ1v) is 11.0. The van der Waals surface area contributed by atoms with E-state index in [1.54, 1.807) is 5.57 Å². The molecule has 3 saturated carbocycles. The van der Waals surface area contributed by atoms with Gasteiger partial charge < -0.3 is 4.74 Å². The third kappa shape index (κ3) is 2.83. The first-order valence-electron chi connectivity index (χ1n) is 11.0. The van der Waals surface area contributed by atoms with Gasteiger partial charge in [-0.2, -0.15) is 0 Å². The Kier molecular flexibility index (Phi) is 4.59. The quantitative estimate of drug-likeness (QED) is 0.486. The van der Waals surface area contributed by atoms with Gasteiger partial charge >= 0.3 is 5.97 Å². The molecule has 0 saturated heterocycles. The minimum atomic E-state index is -0.151. The smallest absolute Gasteiger partial charge is 0.302 e. The van der Waals surface area contributed by atoms with Crippen molar-refractivity contribution in [3.05, 3.63) is 11.6 Å². The fourth-order valence-corrected chi connectivity index (χ4v) is 8.19. The normalized spacial score (nSPS) is 48.7. The van der Waals surface area contributed by atoms with Crippen molar-refractivity contribution in [3.63, 3.8) is 0 Å². The Morgan fingerprint density at radius 3 is 2.52 bits per heavy atom. The lowest BCUT2D eigenvalue weighted by Crippen LogP contribution is -2.51. The van der Waals surface area contributed by atoms with Crippen LogP contribution in [-0.2, 0) is 14.3 Å². The topological polar surface area (TPSA) is 43.4 Å². The van der Waals surface area contributed by atoms with Crippen LogP contribution in [0.5, 0.6) is 0 Å². The first-order chi connectivity index (χ1) is 12.7. The number of hydrogen-bond donors (Lipinski definition) is 0. The van der Waals surface area contributed by atoms with Gasteiger partial charge in [0.1, 0.15) is 11.9 Å². The van der Waals surface area contributed by atoms with Crippen molar-refractivity contribution in [1.82, 2.24) is 0 Å². The summed E-state index contributed by atoms with van der Waals surface area (Å²) < 4.78 is 5.54. The number of fused-ring (bicyclic) bond motifs is 5. The van der Waals surface area contributed by atoms with E-state index in [4.69, 9.17) is 4.74 Å². The Morgan fingerprint density at radius 1 is 1.11 bits per heavy atom. The van der Waals surface area contributed by atoms with E-state index in [2.05, 4.69) is 26.8 Å². The molecule has 0 aliphatic heterocycles. The van der Waals surface area contributed by atoms with Crippen LogP contribution < -0.4 is 0 Å². The summed E-state index contributed by atoms with van der Waals surface area (Å²) in [6, 6.07) is 0. The predicted molar refractivity (Wildman–Crippen MR) is 106 cm³/mol. The second kappa shape index (κ2) is 6.46. The lowest BCUT2D eigenvalue weighted by Gasteiger charge is -2.58. The minimum Gasteiger partial charge on any atom is -0.462 e. The Hall–Kier alpha value is -1.12. The number of allylic oxidation sites excluding steroid dienone is 1.